The Morgan fingerprint density at radius 1 is 1.32 bits per heavy atom. The molecule has 2 rings (SSSR count). The van der Waals surface area contributed by atoms with E-state index in [4.69, 9.17) is 0 Å². The molecule has 1 heterocycles. The highest BCUT2D eigenvalue weighted by atomic mass is 16.2. The highest BCUT2D eigenvalue weighted by Crippen LogP contribution is 2.23. The molecule has 0 aliphatic carbocycles. The summed E-state index contributed by atoms with van der Waals surface area (Å²) in [4.78, 5) is 25.6. The Labute approximate surface area is 113 Å². The fraction of sp³-hybridized carbons (Fsp3) is 0.467. The number of aryl methyl sites for hydroxylation is 1. The molecule has 1 fully saturated rings. The first-order valence-electron chi connectivity index (χ1n) is 6.82. The zero-order valence-corrected chi connectivity index (χ0v) is 11.5. The standard InChI is InChI=1S/C15H20N2O2/c1-3-6-12-7-4-5-8-13(12)17-10-9-14(18)16-11(2)15(17)19/h4-5,7-8,11H,3,6,9-10H2,1-2H3,(H,16,18). The van der Waals surface area contributed by atoms with Gasteiger partial charge in [-0.1, -0.05) is 31.5 Å². The van der Waals surface area contributed by atoms with E-state index in [1.165, 1.54) is 5.56 Å². The van der Waals surface area contributed by atoms with Crippen molar-refractivity contribution in [3.8, 4) is 0 Å². The molecule has 1 aliphatic heterocycles. The number of hydrogen-bond donors (Lipinski definition) is 1. The number of rotatable bonds is 3. The fourth-order valence-electron chi connectivity index (χ4n) is 2.43. The van der Waals surface area contributed by atoms with Gasteiger partial charge in [-0.3, -0.25) is 9.59 Å². The van der Waals surface area contributed by atoms with E-state index in [0.717, 1.165) is 18.5 Å². The van der Waals surface area contributed by atoms with Gasteiger partial charge in [0.1, 0.15) is 6.04 Å². The van der Waals surface area contributed by atoms with Crippen LogP contribution in [0.1, 0.15) is 32.3 Å². The molecular weight excluding hydrogens is 240 g/mol. The van der Waals surface area contributed by atoms with Crippen LogP contribution in [-0.2, 0) is 16.0 Å². The van der Waals surface area contributed by atoms with E-state index in [2.05, 4.69) is 18.3 Å². The molecule has 1 saturated heterocycles. The van der Waals surface area contributed by atoms with E-state index >= 15 is 0 Å². The Morgan fingerprint density at radius 2 is 2.05 bits per heavy atom. The Morgan fingerprint density at radius 3 is 2.79 bits per heavy atom. The first-order chi connectivity index (χ1) is 9.13. The molecule has 0 aromatic heterocycles. The topological polar surface area (TPSA) is 49.4 Å². The van der Waals surface area contributed by atoms with Crippen molar-refractivity contribution in [1.29, 1.82) is 0 Å². The average molecular weight is 260 g/mol. The van der Waals surface area contributed by atoms with Crippen LogP contribution in [0.15, 0.2) is 24.3 Å². The third-order valence-corrected chi connectivity index (χ3v) is 3.38. The van der Waals surface area contributed by atoms with Crippen LogP contribution in [0.25, 0.3) is 0 Å². The molecule has 1 aliphatic rings. The predicted molar refractivity (Wildman–Crippen MR) is 75.0 cm³/mol. The molecule has 0 saturated carbocycles. The van der Waals surface area contributed by atoms with Crippen LogP contribution in [0.2, 0.25) is 0 Å². The van der Waals surface area contributed by atoms with Crippen LogP contribution in [0, 0.1) is 0 Å². The van der Waals surface area contributed by atoms with Crippen molar-refractivity contribution in [1.82, 2.24) is 5.32 Å². The number of nitrogens with one attached hydrogen (secondary N) is 1. The quantitative estimate of drug-likeness (QED) is 0.902. The largest absolute Gasteiger partial charge is 0.345 e. The van der Waals surface area contributed by atoms with Crippen molar-refractivity contribution >= 4 is 17.5 Å². The normalized spacial score (nSPS) is 20.1. The number of hydrogen-bond acceptors (Lipinski definition) is 2. The Hall–Kier alpha value is -1.84. The lowest BCUT2D eigenvalue weighted by atomic mass is 10.1. The summed E-state index contributed by atoms with van der Waals surface area (Å²) in [5.74, 6) is -0.0919. The van der Waals surface area contributed by atoms with E-state index in [1.807, 2.05) is 18.2 Å². The minimum Gasteiger partial charge on any atom is -0.345 e. The van der Waals surface area contributed by atoms with Gasteiger partial charge in [0.2, 0.25) is 11.8 Å². The lowest BCUT2D eigenvalue weighted by Gasteiger charge is -2.25. The summed E-state index contributed by atoms with van der Waals surface area (Å²) in [6.07, 6.45) is 2.33. The van der Waals surface area contributed by atoms with Gasteiger partial charge >= 0.3 is 0 Å². The van der Waals surface area contributed by atoms with Gasteiger partial charge in [-0.25, -0.2) is 0 Å². The molecule has 0 spiro atoms. The molecule has 1 N–H and O–H groups in total. The fourth-order valence-corrected chi connectivity index (χ4v) is 2.43. The SMILES string of the molecule is CCCc1ccccc1N1CCC(=O)NC(C)C1=O. The third-order valence-electron chi connectivity index (χ3n) is 3.38. The smallest absolute Gasteiger partial charge is 0.249 e. The van der Waals surface area contributed by atoms with Crippen LogP contribution < -0.4 is 10.2 Å². The minimum atomic E-state index is -0.454. The Balaban J connectivity index is 2.33. The van der Waals surface area contributed by atoms with Gasteiger partial charge in [0.15, 0.2) is 0 Å². The Bertz CT molecular complexity index is 485. The molecule has 19 heavy (non-hydrogen) atoms. The second kappa shape index (κ2) is 5.87. The summed E-state index contributed by atoms with van der Waals surface area (Å²) < 4.78 is 0. The third kappa shape index (κ3) is 2.95. The van der Waals surface area contributed by atoms with Crippen LogP contribution >= 0.6 is 0 Å². The number of carbonyl (C=O) groups excluding carboxylic acids is 2. The van der Waals surface area contributed by atoms with Crippen LogP contribution in [-0.4, -0.2) is 24.4 Å². The molecule has 4 nitrogen and oxygen atoms in total. The van der Waals surface area contributed by atoms with Gasteiger partial charge < -0.3 is 10.2 Å². The van der Waals surface area contributed by atoms with Crippen molar-refractivity contribution < 1.29 is 9.59 Å². The number of amides is 2. The maximum absolute atomic E-state index is 12.4. The highest BCUT2D eigenvalue weighted by Gasteiger charge is 2.28. The van der Waals surface area contributed by atoms with E-state index in [9.17, 15) is 9.59 Å². The van der Waals surface area contributed by atoms with Crippen molar-refractivity contribution in [3.05, 3.63) is 29.8 Å². The van der Waals surface area contributed by atoms with Crippen LogP contribution in [0.3, 0.4) is 0 Å². The summed E-state index contributed by atoms with van der Waals surface area (Å²) in [6, 6.07) is 7.49. The van der Waals surface area contributed by atoms with Crippen molar-refractivity contribution in [3.63, 3.8) is 0 Å². The summed E-state index contributed by atoms with van der Waals surface area (Å²) in [5, 5.41) is 2.71. The molecule has 1 unspecified atom stereocenters. The summed E-state index contributed by atoms with van der Waals surface area (Å²) in [6.45, 7) is 4.31. The van der Waals surface area contributed by atoms with Gasteiger partial charge in [0, 0.05) is 18.7 Å². The highest BCUT2D eigenvalue weighted by molar-refractivity contribution is 6.01. The summed E-state index contributed by atoms with van der Waals surface area (Å²) in [5.41, 5.74) is 2.11. The van der Waals surface area contributed by atoms with Crippen LogP contribution in [0.4, 0.5) is 5.69 Å². The lowest BCUT2D eigenvalue weighted by molar-refractivity contribution is -0.125. The van der Waals surface area contributed by atoms with E-state index in [-0.39, 0.29) is 11.8 Å². The zero-order valence-electron chi connectivity index (χ0n) is 11.5. The van der Waals surface area contributed by atoms with Gasteiger partial charge in [0.25, 0.3) is 0 Å². The number of benzene rings is 1. The molecule has 102 valence electrons. The number of carbonyl (C=O) groups is 2. The van der Waals surface area contributed by atoms with Crippen molar-refractivity contribution in [2.45, 2.75) is 39.2 Å². The van der Waals surface area contributed by atoms with Gasteiger partial charge in [0.05, 0.1) is 0 Å². The van der Waals surface area contributed by atoms with E-state index < -0.39 is 6.04 Å². The van der Waals surface area contributed by atoms with Gasteiger partial charge in [-0.15, -0.1) is 0 Å². The number of anilines is 1. The second-order valence-electron chi connectivity index (χ2n) is 4.91. The molecular formula is C15H20N2O2. The van der Waals surface area contributed by atoms with Crippen molar-refractivity contribution in [2.75, 3.05) is 11.4 Å². The molecule has 1 aromatic carbocycles. The van der Waals surface area contributed by atoms with Crippen molar-refractivity contribution in [2.24, 2.45) is 0 Å². The maximum atomic E-state index is 12.4. The monoisotopic (exact) mass is 260 g/mol. The predicted octanol–water partition coefficient (Wildman–Crippen LogP) is 1.88. The number of nitrogens with zero attached hydrogens (tertiary/aromatic N) is 1. The van der Waals surface area contributed by atoms with Crippen LogP contribution in [0.5, 0.6) is 0 Å². The molecule has 0 radical (unpaired) electrons. The molecule has 2 amide bonds. The first kappa shape index (κ1) is 13.6. The molecule has 0 bridgehead atoms. The average Bonchev–Trinajstić information content (AvgIpc) is 2.51. The zero-order chi connectivity index (χ0) is 13.8. The van der Waals surface area contributed by atoms with E-state index in [1.54, 1.807) is 11.8 Å². The first-order valence-corrected chi connectivity index (χ1v) is 6.82. The second-order valence-corrected chi connectivity index (χ2v) is 4.91. The molecule has 1 aromatic rings. The van der Waals surface area contributed by atoms with Gasteiger partial charge in [-0.05, 0) is 25.0 Å². The minimum absolute atomic E-state index is 0.0330. The summed E-state index contributed by atoms with van der Waals surface area (Å²) >= 11 is 0. The van der Waals surface area contributed by atoms with Gasteiger partial charge in [-0.2, -0.15) is 0 Å². The maximum Gasteiger partial charge on any atom is 0.249 e. The van der Waals surface area contributed by atoms with E-state index in [0.29, 0.717) is 13.0 Å². The lowest BCUT2D eigenvalue weighted by Crippen LogP contribution is -2.43. The molecule has 4 heteroatoms. The summed E-state index contributed by atoms with van der Waals surface area (Å²) in [7, 11) is 0. The number of para-hydroxylation sites is 1. The Kier molecular flexibility index (Phi) is 4.20. The molecule has 1 atom stereocenters.